The molecule has 3 heterocycles. The first-order chi connectivity index (χ1) is 29.5. The van der Waals surface area contributed by atoms with Gasteiger partial charge >= 0.3 is 6.09 Å². The minimum Gasteiger partial charge on any atom is -0.490 e. The molecular formula is C53H57N3O5. The van der Waals surface area contributed by atoms with Gasteiger partial charge in [0, 0.05) is 74.5 Å². The van der Waals surface area contributed by atoms with Gasteiger partial charge in [0.25, 0.3) is 5.91 Å². The molecule has 0 spiro atoms. The smallest absolute Gasteiger partial charge is 0.410 e. The van der Waals surface area contributed by atoms with Crippen LogP contribution in [0.4, 0.5) is 10.5 Å². The maximum absolute atomic E-state index is 13.0. The first kappa shape index (κ1) is 41.5. The molecule has 5 aromatic carbocycles. The summed E-state index contributed by atoms with van der Waals surface area (Å²) in [5, 5.41) is 0. The minimum absolute atomic E-state index is 0.0763. The molecule has 0 bridgehead atoms. The largest absolute Gasteiger partial charge is 0.490 e. The van der Waals surface area contributed by atoms with E-state index < -0.39 is 5.60 Å². The molecule has 3 aliphatic rings. The van der Waals surface area contributed by atoms with Crippen molar-refractivity contribution in [1.82, 2.24) is 9.80 Å². The molecule has 0 aromatic heterocycles. The third-order valence-electron chi connectivity index (χ3n) is 12.0. The molecular weight excluding hydrogens is 759 g/mol. The highest BCUT2D eigenvalue weighted by molar-refractivity contribution is 5.94. The van der Waals surface area contributed by atoms with E-state index in [0.29, 0.717) is 38.7 Å². The van der Waals surface area contributed by atoms with Crippen LogP contribution in [0.2, 0.25) is 0 Å². The molecule has 8 heteroatoms. The number of likely N-dealkylation sites (tertiary alicyclic amines) is 2. The average Bonchev–Trinajstić information content (AvgIpc) is 3.28. The fourth-order valence-electron chi connectivity index (χ4n) is 8.47. The van der Waals surface area contributed by atoms with Gasteiger partial charge in [0.15, 0.2) is 0 Å². The van der Waals surface area contributed by atoms with Crippen LogP contribution in [0.3, 0.4) is 0 Å². The lowest BCUT2D eigenvalue weighted by atomic mass is 9.89. The number of carbonyl (C=O) groups is 2. The number of fused-ring (bicyclic) bond motifs is 1. The van der Waals surface area contributed by atoms with Crippen molar-refractivity contribution < 1.29 is 23.8 Å². The highest BCUT2D eigenvalue weighted by atomic mass is 16.6. The highest BCUT2D eigenvalue weighted by Gasteiger charge is 2.29. The fourth-order valence-corrected chi connectivity index (χ4v) is 8.47. The van der Waals surface area contributed by atoms with Gasteiger partial charge in [0.05, 0.1) is 0 Å². The van der Waals surface area contributed by atoms with Crippen molar-refractivity contribution in [1.29, 1.82) is 0 Å². The summed E-state index contributed by atoms with van der Waals surface area (Å²) in [4.78, 5) is 31.8. The molecule has 2 amide bonds. The van der Waals surface area contributed by atoms with Gasteiger partial charge in [0.2, 0.25) is 0 Å². The van der Waals surface area contributed by atoms with Gasteiger partial charge in [-0.25, -0.2) is 4.79 Å². The maximum Gasteiger partial charge on any atom is 0.410 e. The predicted molar refractivity (Wildman–Crippen MR) is 241 cm³/mol. The number of carbonyl (C=O) groups excluding carboxylic acids is 2. The number of amides is 2. The lowest BCUT2D eigenvalue weighted by Crippen LogP contribution is -2.41. The quantitative estimate of drug-likeness (QED) is 0.145. The molecule has 0 aliphatic carbocycles. The van der Waals surface area contributed by atoms with Crippen LogP contribution in [-0.4, -0.2) is 66.2 Å². The Balaban J connectivity index is 0.883. The maximum atomic E-state index is 13.0. The minimum atomic E-state index is -0.483. The summed E-state index contributed by atoms with van der Waals surface area (Å²) in [5.41, 5.74) is 9.48. The summed E-state index contributed by atoms with van der Waals surface area (Å²) < 4.78 is 18.4. The molecule has 0 saturated carbocycles. The molecule has 8 nitrogen and oxygen atoms in total. The molecule has 8 rings (SSSR count). The lowest BCUT2D eigenvalue weighted by Gasteiger charge is -2.34. The van der Waals surface area contributed by atoms with E-state index in [4.69, 9.17) is 14.2 Å². The van der Waals surface area contributed by atoms with Gasteiger partial charge < -0.3 is 28.9 Å². The summed E-state index contributed by atoms with van der Waals surface area (Å²) in [5.74, 6) is 9.08. The zero-order chi connectivity index (χ0) is 42.3. The lowest BCUT2D eigenvalue weighted by molar-refractivity contribution is 0.0204. The Morgan fingerprint density at radius 3 is 2.10 bits per heavy atom. The van der Waals surface area contributed by atoms with Crippen LogP contribution >= 0.6 is 0 Å². The number of benzene rings is 5. The topological polar surface area (TPSA) is 71.6 Å². The van der Waals surface area contributed by atoms with Crippen molar-refractivity contribution in [3.05, 3.63) is 160 Å². The van der Waals surface area contributed by atoms with E-state index in [0.717, 1.165) is 84.5 Å². The zero-order valence-electron chi connectivity index (χ0n) is 36.0. The molecule has 0 atom stereocenters. The Kier molecular flexibility index (Phi) is 12.7. The molecule has 2 fully saturated rings. The van der Waals surface area contributed by atoms with Crippen LogP contribution in [0.15, 0.2) is 115 Å². The summed E-state index contributed by atoms with van der Waals surface area (Å²) in [6.45, 7) is 12.7. The molecule has 2 saturated heterocycles. The van der Waals surface area contributed by atoms with E-state index in [2.05, 4.69) is 65.3 Å². The van der Waals surface area contributed by atoms with Crippen LogP contribution in [0.1, 0.15) is 102 Å². The van der Waals surface area contributed by atoms with E-state index in [1.807, 2.05) is 104 Å². The van der Waals surface area contributed by atoms with E-state index in [1.54, 1.807) is 0 Å². The Hall–Kier alpha value is -6.20. The first-order valence-corrected chi connectivity index (χ1v) is 21.8. The van der Waals surface area contributed by atoms with Crippen molar-refractivity contribution in [3.8, 4) is 23.3 Å². The number of anilines is 1. The second-order valence-electron chi connectivity index (χ2n) is 17.6. The van der Waals surface area contributed by atoms with Crippen molar-refractivity contribution >= 4 is 17.7 Å². The molecule has 314 valence electrons. The number of ether oxygens (including phenoxy) is 3. The second kappa shape index (κ2) is 18.6. The third kappa shape index (κ3) is 10.8. The Morgan fingerprint density at radius 1 is 0.721 bits per heavy atom. The van der Waals surface area contributed by atoms with Gasteiger partial charge in [-0.1, -0.05) is 72.0 Å². The fraction of sp³-hybridized carbons (Fsp3) is 0.358. The molecule has 0 unspecified atom stereocenters. The number of hydrogen-bond acceptors (Lipinski definition) is 6. The SMILES string of the molecule is Cc1ccc(C(=O)N2CCC(Oc3ccc(COc4cc(C#Cc5ccccc5)c5c(c4)CCN(c4ccc(C6CCN(C(=O)OC(C)(C)C)CC6)cc4)C5)cc3)CC2)cc1. The number of aryl methyl sites for hydroxylation is 1. The van der Waals surface area contributed by atoms with Gasteiger partial charge in [-0.15, -0.1) is 0 Å². The van der Waals surface area contributed by atoms with Crippen LogP contribution < -0.4 is 14.4 Å². The molecule has 0 radical (unpaired) electrons. The summed E-state index contributed by atoms with van der Waals surface area (Å²) in [6, 6.07) is 39.4. The van der Waals surface area contributed by atoms with Crippen LogP contribution in [0.25, 0.3) is 0 Å². The van der Waals surface area contributed by atoms with Crippen LogP contribution in [-0.2, 0) is 24.3 Å². The van der Waals surface area contributed by atoms with Gasteiger partial charge in [0.1, 0.15) is 29.8 Å². The standard InChI is InChI=1S/C53H57N3O5/c1-38-10-15-43(16-11-38)51(57)54-32-27-48(28-33-54)60-47-22-13-40(14-23-47)37-59-49-34-44(17-12-39-8-6-5-7-9-39)50-36-56(31-26-45(50)35-49)46-20-18-41(19-21-46)42-24-29-55(30-25-42)52(58)61-53(2,3)4/h5-11,13-16,18-23,34-35,42,48H,24-33,36-37H2,1-4H3. The van der Waals surface area contributed by atoms with Crippen molar-refractivity contribution in [3.63, 3.8) is 0 Å². The van der Waals surface area contributed by atoms with Crippen molar-refractivity contribution in [2.24, 2.45) is 0 Å². The average molecular weight is 816 g/mol. The second-order valence-corrected chi connectivity index (χ2v) is 17.6. The third-order valence-corrected chi connectivity index (χ3v) is 12.0. The first-order valence-electron chi connectivity index (χ1n) is 21.8. The number of nitrogens with zero attached hydrogens (tertiary/aromatic N) is 3. The Morgan fingerprint density at radius 2 is 1.41 bits per heavy atom. The Bertz CT molecular complexity index is 2340. The monoisotopic (exact) mass is 815 g/mol. The predicted octanol–water partition coefficient (Wildman–Crippen LogP) is 10.3. The van der Waals surface area contributed by atoms with Gasteiger partial charge in [-0.05, 0) is 136 Å². The number of piperidine rings is 2. The van der Waals surface area contributed by atoms with Crippen molar-refractivity contribution in [2.75, 3.05) is 37.6 Å². The van der Waals surface area contributed by atoms with Gasteiger partial charge in [-0.2, -0.15) is 0 Å². The van der Waals surface area contributed by atoms with Crippen LogP contribution in [0.5, 0.6) is 11.5 Å². The Labute approximate surface area is 361 Å². The molecule has 61 heavy (non-hydrogen) atoms. The summed E-state index contributed by atoms with van der Waals surface area (Å²) in [6.07, 6.45) is 4.23. The molecule has 5 aromatic rings. The summed E-state index contributed by atoms with van der Waals surface area (Å²) in [7, 11) is 0. The van der Waals surface area contributed by atoms with Crippen LogP contribution in [0, 0.1) is 18.8 Å². The van der Waals surface area contributed by atoms with Crippen molar-refractivity contribution in [2.45, 2.75) is 90.6 Å². The van der Waals surface area contributed by atoms with E-state index in [9.17, 15) is 9.59 Å². The molecule has 3 aliphatic heterocycles. The number of hydrogen-bond donors (Lipinski definition) is 0. The normalized spacial score (nSPS) is 16.0. The van der Waals surface area contributed by atoms with E-state index in [-0.39, 0.29) is 18.1 Å². The summed E-state index contributed by atoms with van der Waals surface area (Å²) >= 11 is 0. The van der Waals surface area contributed by atoms with Gasteiger partial charge in [-0.3, -0.25) is 4.79 Å². The van der Waals surface area contributed by atoms with E-state index >= 15 is 0 Å². The number of rotatable bonds is 8. The molecule has 0 N–H and O–H groups in total. The van der Waals surface area contributed by atoms with E-state index in [1.165, 1.54) is 22.4 Å². The zero-order valence-corrected chi connectivity index (χ0v) is 36.0. The highest BCUT2D eigenvalue weighted by Crippen LogP contribution is 2.34.